The van der Waals surface area contributed by atoms with Crippen molar-refractivity contribution in [2.24, 2.45) is 5.92 Å². The molecule has 2 aromatic heterocycles. The molecular weight excluding hydrogens is 530 g/mol. The van der Waals surface area contributed by atoms with E-state index in [1.54, 1.807) is 15.9 Å². The summed E-state index contributed by atoms with van der Waals surface area (Å²) in [5.74, 6) is -1.07. The predicted octanol–water partition coefficient (Wildman–Crippen LogP) is 5.42. The van der Waals surface area contributed by atoms with Crippen molar-refractivity contribution in [2.75, 3.05) is 26.3 Å². The summed E-state index contributed by atoms with van der Waals surface area (Å²) in [6, 6.07) is 15.3. The molecule has 2 aliphatic heterocycles. The third kappa shape index (κ3) is 5.45. The summed E-state index contributed by atoms with van der Waals surface area (Å²) in [6.45, 7) is 5.91. The van der Waals surface area contributed by atoms with Crippen molar-refractivity contribution in [1.29, 1.82) is 0 Å². The van der Waals surface area contributed by atoms with Crippen molar-refractivity contribution in [3.8, 4) is 28.6 Å². The highest BCUT2D eigenvalue weighted by molar-refractivity contribution is 5.82. The van der Waals surface area contributed by atoms with Gasteiger partial charge in [0, 0.05) is 43.6 Å². The van der Waals surface area contributed by atoms with Gasteiger partial charge in [-0.25, -0.2) is 18.4 Å². The highest BCUT2D eigenvalue weighted by Crippen LogP contribution is 2.38. The molecule has 2 aliphatic rings. The number of hydroxylamine groups is 2. The summed E-state index contributed by atoms with van der Waals surface area (Å²) in [4.78, 5) is 24.1. The zero-order valence-electron chi connectivity index (χ0n) is 22.8. The minimum atomic E-state index is -0.935. The van der Waals surface area contributed by atoms with E-state index in [1.165, 1.54) is 6.07 Å². The Morgan fingerprint density at radius 1 is 1.05 bits per heavy atom. The van der Waals surface area contributed by atoms with Gasteiger partial charge in [0.1, 0.15) is 25.1 Å². The van der Waals surface area contributed by atoms with Crippen LogP contribution in [0.1, 0.15) is 36.3 Å². The Bertz CT molecular complexity index is 1580. The van der Waals surface area contributed by atoms with E-state index in [-0.39, 0.29) is 24.5 Å². The molecule has 41 heavy (non-hydrogen) atoms. The van der Waals surface area contributed by atoms with Crippen LogP contribution in [0.25, 0.3) is 16.9 Å². The van der Waals surface area contributed by atoms with E-state index in [0.29, 0.717) is 49.2 Å². The van der Waals surface area contributed by atoms with Crippen LogP contribution in [0.15, 0.2) is 60.8 Å². The summed E-state index contributed by atoms with van der Waals surface area (Å²) in [5.41, 5.74) is 4.42. The second-order valence-corrected chi connectivity index (χ2v) is 10.3. The number of carbonyl (C=O) groups is 1. The molecule has 4 heterocycles. The normalized spacial score (nSPS) is 18.5. The summed E-state index contributed by atoms with van der Waals surface area (Å²) < 4.78 is 40.7. The third-order valence-electron chi connectivity index (χ3n) is 7.52. The van der Waals surface area contributed by atoms with E-state index in [1.807, 2.05) is 50.2 Å². The lowest BCUT2D eigenvalue weighted by molar-refractivity contribution is -0.146. The fourth-order valence-corrected chi connectivity index (χ4v) is 5.45. The number of hydrogen-bond acceptors (Lipinski definition) is 7. The molecule has 1 fully saturated rings. The molecule has 6 rings (SSSR count). The molecule has 0 radical (unpaired) electrons. The van der Waals surface area contributed by atoms with Crippen LogP contribution in [-0.2, 0) is 16.1 Å². The SMILES string of the molecule is CCN1C[C@@H](CC(=O)Cc2c(C)c(-c3cnc4c(c3)OCCO4)nn2-c2ccccc2)[C@H](c2ccc(F)c(F)c2)O1. The number of para-hydroxylation sites is 1. The Morgan fingerprint density at radius 2 is 1.85 bits per heavy atom. The molecule has 0 aliphatic carbocycles. The van der Waals surface area contributed by atoms with Crippen molar-refractivity contribution in [3.05, 3.63) is 89.2 Å². The van der Waals surface area contributed by atoms with Gasteiger partial charge in [-0.05, 0) is 48.4 Å². The van der Waals surface area contributed by atoms with Crippen molar-refractivity contribution < 1.29 is 27.9 Å². The molecule has 8 nitrogen and oxygen atoms in total. The molecule has 10 heteroatoms. The number of rotatable bonds is 8. The molecule has 2 atom stereocenters. The number of hydrogen-bond donors (Lipinski definition) is 0. The van der Waals surface area contributed by atoms with Gasteiger partial charge in [0.2, 0.25) is 0 Å². The lowest BCUT2D eigenvalue weighted by Crippen LogP contribution is -2.20. The van der Waals surface area contributed by atoms with Gasteiger partial charge >= 0.3 is 0 Å². The Kier molecular flexibility index (Phi) is 7.51. The minimum absolute atomic E-state index is 0.00355. The quantitative estimate of drug-likeness (QED) is 0.285. The van der Waals surface area contributed by atoms with Crippen LogP contribution in [-0.4, -0.2) is 51.9 Å². The lowest BCUT2D eigenvalue weighted by Gasteiger charge is -2.18. The smallest absolute Gasteiger partial charge is 0.257 e. The number of pyridine rings is 1. The number of benzene rings is 2. The van der Waals surface area contributed by atoms with Gasteiger partial charge in [-0.1, -0.05) is 31.2 Å². The van der Waals surface area contributed by atoms with Crippen molar-refractivity contribution in [2.45, 2.75) is 32.8 Å². The summed E-state index contributed by atoms with van der Waals surface area (Å²) in [6.07, 6.45) is 1.50. The Balaban J connectivity index is 1.30. The van der Waals surface area contributed by atoms with E-state index in [4.69, 9.17) is 19.4 Å². The second kappa shape index (κ2) is 11.4. The zero-order valence-corrected chi connectivity index (χ0v) is 22.8. The van der Waals surface area contributed by atoms with Crippen LogP contribution in [0.2, 0.25) is 0 Å². The largest absolute Gasteiger partial charge is 0.484 e. The lowest BCUT2D eigenvalue weighted by atomic mass is 9.90. The number of ketones is 1. The molecular formula is C31H30F2N4O4. The number of ether oxygens (including phenoxy) is 2. The van der Waals surface area contributed by atoms with Crippen LogP contribution in [0.4, 0.5) is 8.78 Å². The summed E-state index contributed by atoms with van der Waals surface area (Å²) in [7, 11) is 0. The van der Waals surface area contributed by atoms with Crippen molar-refractivity contribution >= 4 is 5.78 Å². The molecule has 0 N–H and O–H groups in total. The molecule has 0 spiro atoms. The van der Waals surface area contributed by atoms with Gasteiger partial charge < -0.3 is 9.47 Å². The molecule has 0 amide bonds. The molecule has 1 saturated heterocycles. The number of Topliss-reactive ketones (excluding diaryl/α,β-unsaturated/α-hetero) is 1. The first-order valence-corrected chi connectivity index (χ1v) is 13.7. The van der Waals surface area contributed by atoms with E-state index in [0.717, 1.165) is 34.6 Å². The number of carbonyl (C=O) groups excluding carboxylic acids is 1. The van der Waals surface area contributed by atoms with Crippen LogP contribution in [0.3, 0.4) is 0 Å². The van der Waals surface area contributed by atoms with Crippen LogP contribution in [0.5, 0.6) is 11.6 Å². The summed E-state index contributed by atoms with van der Waals surface area (Å²) in [5, 5.41) is 6.67. The first kappa shape index (κ1) is 27.0. The average Bonchev–Trinajstić information content (AvgIpc) is 3.55. The Morgan fingerprint density at radius 3 is 2.63 bits per heavy atom. The molecule has 0 unspecified atom stereocenters. The van der Waals surface area contributed by atoms with E-state index >= 15 is 0 Å². The van der Waals surface area contributed by atoms with Crippen LogP contribution < -0.4 is 9.47 Å². The average molecular weight is 561 g/mol. The molecule has 2 aromatic carbocycles. The van der Waals surface area contributed by atoms with Gasteiger partial charge in [-0.2, -0.15) is 10.2 Å². The Hall–Kier alpha value is -4.15. The highest BCUT2D eigenvalue weighted by atomic mass is 19.2. The number of halogens is 2. The molecule has 0 bridgehead atoms. The fourth-order valence-electron chi connectivity index (χ4n) is 5.45. The van der Waals surface area contributed by atoms with Crippen LogP contribution in [0, 0.1) is 24.5 Å². The van der Waals surface area contributed by atoms with Gasteiger partial charge in [-0.15, -0.1) is 0 Å². The highest BCUT2D eigenvalue weighted by Gasteiger charge is 2.36. The predicted molar refractivity (Wildman–Crippen MR) is 147 cm³/mol. The summed E-state index contributed by atoms with van der Waals surface area (Å²) >= 11 is 0. The number of fused-ring (bicyclic) bond motifs is 1. The van der Waals surface area contributed by atoms with Crippen LogP contribution >= 0.6 is 0 Å². The minimum Gasteiger partial charge on any atom is -0.484 e. The van der Waals surface area contributed by atoms with E-state index < -0.39 is 17.7 Å². The number of aromatic nitrogens is 3. The van der Waals surface area contributed by atoms with E-state index in [2.05, 4.69) is 4.98 Å². The molecule has 4 aromatic rings. The van der Waals surface area contributed by atoms with Gasteiger partial charge in [0.25, 0.3) is 5.88 Å². The fraction of sp³-hybridized carbons (Fsp3) is 0.323. The van der Waals surface area contributed by atoms with Gasteiger partial charge in [-0.3, -0.25) is 9.63 Å². The van der Waals surface area contributed by atoms with E-state index in [9.17, 15) is 13.6 Å². The third-order valence-corrected chi connectivity index (χ3v) is 7.52. The van der Waals surface area contributed by atoms with Crippen molar-refractivity contribution in [3.63, 3.8) is 0 Å². The Labute approximate surface area is 236 Å². The number of nitrogens with zero attached hydrogens (tertiary/aromatic N) is 4. The molecule has 212 valence electrons. The maximum atomic E-state index is 14.0. The second-order valence-electron chi connectivity index (χ2n) is 10.3. The maximum Gasteiger partial charge on any atom is 0.257 e. The van der Waals surface area contributed by atoms with Gasteiger partial charge in [0.05, 0.1) is 17.1 Å². The topological polar surface area (TPSA) is 78.7 Å². The standard InChI is InChI=1S/C31H30F2N4O4/c1-3-36-18-22(30(41-36)20-9-10-25(32)26(33)14-20)13-24(38)16-27-19(2)29(35-37(27)23-7-5-4-6-8-23)21-15-28-31(34-17-21)40-12-11-39-28/h4-10,14-15,17,22,30H,3,11-13,16,18H2,1-2H3/t22-,30+/m1/s1. The zero-order chi connectivity index (χ0) is 28.5. The first-order chi connectivity index (χ1) is 19.9. The maximum absolute atomic E-state index is 14.0. The van der Waals surface area contributed by atoms with Gasteiger partial charge in [0.15, 0.2) is 17.4 Å². The first-order valence-electron chi connectivity index (χ1n) is 13.7. The molecule has 0 saturated carbocycles. The van der Waals surface area contributed by atoms with Crippen molar-refractivity contribution in [1.82, 2.24) is 19.8 Å². The monoisotopic (exact) mass is 560 g/mol.